The number of rotatable bonds is 6. The number of amides is 1. The molecule has 0 aliphatic carbocycles. The Morgan fingerprint density at radius 1 is 1.15 bits per heavy atom. The van der Waals surface area contributed by atoms with Crippen molar-refractivity contribution in [1.29, 1.82) is 0 Å². The lowest BCUT2D eigenvalue weighted by Crippen LogP contribution is -2.38. The van der Waals surface area contributed by atoms with Crippen molar-refractivity contribution >= 4 is 5.91 Å². The first kappa shape index (κ1) is 19.3. The molecule has 1 amide bonds. The molecule has 140 valence electrons. The normalized spacial score (nSPS) is 11.1. The third-order valence-electron chi connectivity index (χ3n) is 3.33. The first-order chi connectivity index (χ1) is 12.2. The Kier molecular flexibility index (Phi) is 5.86. The first-order valence-electron chi connectivity index (χ1n) is 7.37. The van der Waals surface area contributed by atoms with Gasteiger partial charge >= 0.3 is 6.18 Å². The summed E-state index contributed by atoms with van der Waals surface area (Å²) in [6.07, 6.45) is -4.53. The van der Waals surface area contributed by atoms with Crippen molar-refractivity contribution in [3.63, 3.8) is 0 Å². The Morgan fingerprint density at radius 3 is 2.46 bits per heavy atom. The molecule has 2 aromatic rings. The zero-order chi connectivity index (χ0) is 19.3. The highest BCUT2D eigenvalue weighted by Gasteiger charge is 2.27. The Bertz CT molecular complexity index is 849. The number of ether oxygens (including phenoxy) is 2. The third kappa shape index (κ3) is 4.98. The lowest BCUT2D eigenvalue weighted by Gasteiger charge is -2.11. The van der Waals surface area contributed by atoms with E-state index in [1.165, 1.54) is 26.4 Å². The lowest BCUT2D eigenvalue weighted by molar-refractivity contribution is -0.138. The van der Waals surface area contributed by atoms with Gasteiger partial charge in [-0.2, -0.15) is 18.3 Å². The number of hydrogen-bond acceptors (Lipinski definition) is 5. The molecule has 1 aromatic carbocycles. The average molecular weight is 371 g/mol. The molecule has 0 saturated carbocycles. The molecule has 1 heterocycles. The van der Waals surface area contributed by atoms with Crippen molar-refractivity contribution in [2.45, 2.75) is 12.7 Å². The van der Waals surface area contributed by atoms with E-state index in [9.17, 15) is 22.8 Å². The summed E-state index contributed by atoms with van der Waals surface area (Å²) in [5.41, 5.74) is 0.303. The Balaban J connectivity index is 2.24. The van der Waals surface area contributed by atoms with Gasteiger partial charge in [0.25, 0.3) is 5.56 Å². The summed E-state index contributed by atoms with van der Waals surface area (Å²) in [6, 6.07) is 7.55. The van der Waals surface area contributed by atoms with Crippen LogP contribution in [-0.4, -0.2) is 42.6 Å². The summed E-state index contributed by atoms with van der Waals surface area (Å²) in [7, 11) is 2.94. The largest absolute Gasteiger partial charge is 0.493 e. The monoisotopic (exact) mass is 371 g/mol. The Hall–Kier alpha value is -3.04. The van der Waals surface area contributed by atoms with Gasteiger partial charge in [0.15, 0.2) is 11.5 Å². The fourth-order valence-corrected chi connectivity index (χ4v) is 2.10. The second-order valence-corrected chi connectivity index (χ2v) is 5.18. The van der Waals surface area contributed by atoms with Crippen LogP contribution >= 0.6 is 0 Å². The van der Waals surface area contributed by atoms with Crippen LogP contribution in [0, 0.1) is 0 Å². The van der Waals surface area contributed by atoms with E-state index in [1.807, 2.05) is 0 Å². The molecule has 7 nitrogen and oxygen atoms in total. The van der Waals surface area contributed by atoms with Crippen LogP contribution in [0.15, 0.2) is 35.1 Å². The predicted octanol–water partition coefficient (Wildman–Crippen LogP) is 1.61. The van der Waals surface area contributed by atoms with Gasteiger partial charge in [0, 0.05) is 11.6 Å². The van der Waals surface area contributed by atoms with Crippen LogP contribution in [0.1, 0.15) is 0 Å². The summed E-state index contributed by atoms with van der Waals surface area (Å²) >= 11 is 0. The van der Waals surface area contributed by atoms with Gasteiger partial charge in [-0.3, -0.25) is 9.59 Å². The van der Waals surface area contributed by atoms with Gasteiger partial charge in [0.2, 0.25) is 5.91 Å². The highest BCUT2D eigenvalue weighted by molar-refractivity contribution is 5.75. The van der Waals surface area contributed by atoms with Gasteiger partial charge in [-0.05, 0) is 24.3 Å². The van der Waals surface area contributed by atoms with Crippen molar-refractivity contribution in [2.75, 3.05) is 20.8 Å². The average Bonchev–Trinajstić information content (AvgIpc) is 2.60. The summed E-state index contributed by atoms with van der Waals surface area (Å²) in [6.45, 7) is -2.11. The maximum Gasteiger partial charge on any atom is 0.405 e. The summed E-state index contributed by atoms with van der Waals surface area (Å²) in [4.78, 5) is 23.4. The zero-order valence-electron chi connectivity index (χ0n) is 14.0. The number of benzene rings is 1. The maximum atomic E-state index is 12.1. The topological polar surface area (TPSA) is 82.5 Å². The Labute approximate surface area is 146 Å². The maximum absolute atomic E-state index is 12.1. The molecule has 0 atom stereocenters. The van der Waals surface area contributed by atoms with E-state index in [0.29, 0.717) is 22.8 Å². The second-order valence-electron chi connectivity index (χ2n) is 5.18. The number of carbonyl (C=O) groups is 1. The first-order valence-corrected chi connectivity index (χ1v) is 7.37. The minimum atomic E-state index is -4.53. The molecule has 0 fully saturated rings. The van der Waals surface area contributed by atoms with Crippen molar-refractivity contribution in [3.05, 3.63) is 40.7 Å². The number of alkyl halides is 3. The number of hydrogen-bond donors (Lipinski definition) is 1. The number of halogens is 3. The predicted molar refractivity (Wildman–Crippen MR) is 86.1 cm³/mol. The quantitative estimate of drug-likeness (QED) is 0.834. The van der Waals surface area contributed by atoms with Crippen LogP contribution in [0.4, 0.5) is 13.2 Å². The SMILES string of the molecule is COc1ccc(-c2ccc(=O)n(CC(=O)NCC(F)(F)F)n2)cc1OC. The van der Waals surface area contributed by atoms with Crippen LogP contribution in [0.2, 0.25) is 0 Å². The molecule has 0 spiro atoms. The van der Waals surface area contributed by atoms with Crippen molar-refractivity contribution < 1.29 is 27.4 Å². The number of nitrogens with one attached hydrogen (secondary N) is 1. The van der Waals surface area contributed by atoms with E-state index in [1.54, 1.807) is 23.5 Å². The standard InChI is InChI=1S/C16H16F3N3O4/c1-25-12-5-3-10(7-13(12)26-2)11-4-6-15(24)22(21-11)8-14(23)20-9-16(17,18)19/h3-7H,8-9H2,1-2H3,(H,20,23). The highest BCUT2D eigenvalue weighted by atomic mass is 19.4. The molecule has 0 bridgehead atoms. The van der Waals surface area contributed by atoms with Crippen LogP contribution in [0.25, 0.3) is 11.3 Å². The minimum Gasteiger partial charge on any atom is -0.493 e. The summed E-state index contributed by atoms with van der Waals surface area (Å²) < 4.78 is 47.5. The van der Waals surface area contributed by atoms with E-state index in [-0.39, 0.29) is 0 Å². The second kappa shape index (κ2) is 7.89. The molecule has 0 radical (unpaired) electrons. The number of carbonyl (C=O) groups excluding carboxylic acids is 1. The molecule has 10 heteroatoms. The van der Waals surface area contributed by atoms with Crippen LogP contribution in [-0.2, 0) is 11.3 Å². The zero-order valence-corrected chi connectivity index (χ0v) is 14.0. The van der Waals surface area contributed by atoms with E-state index in [0.717, 1.165) is 4.68 Å². The number of nitrogens with zero attached hydrogens (tertiary/aromatic N) is 2. The van der Waals surface area contributed by atoms with E-state index in [2.05, 4.69) is 5.10 Å². The minimum absolute atomic E-state index is 0.342. The fraction of sp³-hybridized carbons (Fsp3) is 0.312. The van der Waals surface area contributed by atoms with Gasteiger partial charge < -0.3 is 14.8 Å². The number of aromatic nitrogens is 2. The molecule has 0 unspecified atom stereocenters. The van der Waals surface area contributed by atoms with Crippen molar-refractivity contribution in [1.82, 2.24) is 15.1 Å². The molecule has 0 aliphatic rings. The Morgan fingerprint density at radius 2 is 1.85 bits per heavy atom. The summed E-state index contributed by atoms with van der Waals surface area (Å²) in [5.74, 6) is -0.0371. The van der Waals surface area contributed by atoms with Crippen molar-refractivity contribution in [2.24, 2.45) is 0 Å². The molecule has 1 N–H and O–H groups in total. The van der Waals surface area contributed by atoms with Crippen molar-refractivity contribution in [3.8, 4) is 22.8 Å². The molecule has 0 saturated heterocycles. The van der Waals surface area contributed by atoms with E-state index >= 15 is 0 Å². The van der Waals surface area contributed by atoms with E-state index < -0.39 is 30.7 Å². The molecular formula is C16H16F3N3O4. The lowest BCUT2D eigenvalue weighted by atomic mass is 10.1. The van der Waals surface area contributed by atoms with Gasteiger partial charge in [-0.15, -0.1) is 0 Å². The smallest absolute Gasteiger partial charge is 0.405 e. The molecule has 0 aliphatic heterocycles. The summed E-state index contributed by atoms with van der Waals surface area (Å²) in [5, 5.41) is 5.71. The van der Waals surface area contributed by atoms with Gasteiger partial charge in [0.1, 0.15) is 13.1 Å². The molecule has 2 rings (SSSR count). The van der Waals surface area contributed by atoms with E-state index in [4.69, 9.17) is 9.47 Å². The fourth-order valence-electron chi connectivity index (χ4n) is 2.10. The number of methoxy groups -OCH3 is 2. The molecular weight excluding hydrogens is 355 g/mol. The van der Waals surface area contributed by atoms with Crippen LogP contribution < -0.4 is 20.3 Å². The molecule has 26 heavy (non-hydrogen) atoms. The van der Waals surface area contributed by atoms with Crippen LogP contribution in [0.5, 0.6) is 11.5 Å². The van der Waals surface area contributed by atoms with Gasteiger partial charge in [-0.25, -0.2) is 4.68 Å². The third-order valence-corrected chi connectivity index (χ3v) is 3.33. The highest BCUT2D eigenvalue weighted by Crippen LogP contribution is 2.31. The van der Waals surface area contributed by atoms with Gasteiger partial charge in [0.05, 0.1) is 19.9 Å². The van der Waals surface area contributed by atoms with Gasteiger partial charge in [-0.1, -0.05) is 0 Å². The molecule has 1 aromatic heterocycles. The van der Waals surface area contributed by atoms with Crippen LogP contribution in [0.3, 0.4) is 0 Å².